The Bertz CT molecular complexity index is 552. The lowest BCUT2D eigenvalue weighted by Crippen LogP contribution is -2.25. The van der Waals surface area contributed by atoms with Crippen LogP contribution in [0.15, 0.2) is 54.6 Å². The fourth-order valence-electron chi connectivity index (χ4n) is 2.29. The minimum atomic E-state index is 0.366. The van der Waals surface area contributed by atoms with Crippen molar-refractivity contribution in [2.24, 2.45) is 5.92 Å². The van der Waals surface area contributed by atoms with Crippen molar-refractivity contribution in [2.75, 3.05) is 25.0 Å². The molecule has 2 N–H and O–H groups in total. The van der Waals surface area contributed by atoms with E-state index in [1.54, 1.807) is 0 Å². The number of benzene rings is 2. The Morgan fingerprint density at radius 1 is 0.870 bits per heavy atom. The summed E-state index contributed by atoms with van der Waals surface area (Å²) in [5.41, 5.74) is 2.44. The van der Waals surface area contributed by atoms with Gasteiger partial charge in [-0.3, -0.25) is 0 Å². The number of anilines is 1. The molecule has 0 aliphatic rings. The Kier molecular flexibility index (Phi) is 6.95. The van der Waals surface area contributed by atoms with Crippen LogP contribution in [0.2, 0.25) is 0 Å². The second-order valence-electron chi connectivity index (χ2n) is 6.24. The van der Waals surface area contributed by atoms with Gasteiger partial charge in [0, 0.05) is 24.8 Å². The molecule has 2 rings (SSSR count). The lowest BCUT2D eigenvalue weighted by molar-refractivity contribution is 0.271. The van der Waals surface area contributed by atoms with E-state index in [-0.39, 0.29) is 0 Å². The minimum absolute atomic E-state index is 0.366. The van der Waals surface area contributed by atoms with Crippen molar-refractivity contribution in [3.8, 4) is 5.75 Å². The van der Waals surface area contributed by atoms with Crippen molar-refractivity contribution in [3.05, 3.63) is 60.2 Å². The van der Waals surface area contributed by atoms with Gasteiger partial charge in [0.25, 0.3) is 0 Å². The van der Waals surface area contributed by atoms with Crippen LogP contribution in [0.5, 0.6) is 5.75 Å². The number of rotatable bonds is 9. The Morgan fingerprint density at radius 2 is 1.57 bits per heavy atom. The van der Waals surface area contributed by atoms with E-state index < -0.39 is 0 Å². The van der Waals surface area contributed by atoms with Gasteiger partial charge < -0.3 is 15.4 Å². The van der Waals surface area contributed by atoms with Crippen molar-refractivity contribution in [1.82, 2.24) is 5.32 Å². The molecule has 0 radical (unpaired) electrons. The molecule has 124 valence electrons. The van der Waals surface area contributed by atoms with Gasteiger partial charge in [-0.1, -0.05) is 44.2 Å². The Hall–Kier alpha value is -2.00. The van der Waals surface area contributed by atoms with Crippen LogP contribution >= 0.6 is 0 Å². The summed E-state index contributed by atoms with van der Waals surface area (Å²) in [4.78, 5) is 0. The third-order valence-corrected chi connectivity index (χ3v) is 3.64. The second-order valence-corrected chi connectivity index (χ2v) is 6.24. The van der Waals surface area contributed by atoms with E-state index in [0.717, 1.165) is 31.1 Å². The van der Waals surface area contributed by atoms with Crippen LogP contribution in [-0.2, 0) is 0 Å². The number of ether oxygens (including phenoxy) is 1. The molecule has 23 heavy (non-hydrogen) atoms. The molecule has 2 aromatic carbocycles. The average molecular weight is 312 g/mol. The smallest absolute Gasteiger partial charge is 0.119 e. The van der Waals surface area contributed by atoms with Gasteiger partial charge in [0.15, 0.2) is 0 Å². The standard InChI is InChI=1S/C20H28N2O/c1-16(2)15-23-20-11-9-19(10-12-20)22-14-13-21-17(3)18-7-5-4-6-8-18/h4-12,16-17,21-22H,13-15H2,1-3H3. The van der Waals surface area contributed by atoms with Crippen molar-refractivity contribution in [3.63, 3.8) is 0 Å². The maximum atomic E-state index is 5.69. The molecule has 0 saturated heterocycles. The summed E-state index contributed by atoms with van der Waals surface area (Å²) in [7, 11) is 0. The topological polar surface area (TPSA) is 33.3 Å². The first-order chi connectivity index (χ1) is 11.1. The fraction of sp³-hybridized carbons (Fsp3) is 0.400. The van der Waals surface area contributed by atoms with Crippen LogP contribution in [0.3, 0.4) is 0 Å². The molecule has 0 bridgehead atoms. The van der Waals surface area contributed by atoms with Gasteiger partial charge in [-0.25, -0.2) is 0 Å². The second kappa shape index (κ2) is 9.21. The fourth-order valence-corrected chi connectivity index (χ4v) is 2.29. The number of hydrogen-bond donors (Lipinski definition) is 2. The molecule has 2 aromatic rings. The Balaban J connectivity index is 1.68. The van der Waals surface area contributed by atoms with E-state index in [9.17, 15) is 0 Å². The van der Waals surface area contributed by atoms with Crippen LogP contribution in [-0.4, -0.2) is 19.7 Å². The molecule has 0 fully saturated rings. The molecule has 0 aromatic heterocycles. The van der Waals surface area contributed by atoms with Crippen LogP contribution in [0.25, 0.3) is 0 Å². The van der Waals surface area contributed by atoms with E-state index in [1.807, 2.05) is 18.2 Å². The van der Waals surface area contributed by atoms with Crippen molar-refractivity contribution >= 4 is 5.69 Å². The summed E-state index contributed by atoms with van der Waals surface area (Å²) in [6, 6.07) is 19.0. The predicted molar refractivity (Wildman–Crippen MR) is 98.1 cm³/mol. The maximum absolute atomic E-state index is 5.69. The van der Waals surface area contributed by atoms with Gasteiger partial charge in [0.1, 0.15) is 5.75 Å². The predicted octanol–water partition coefficient (Wildman–Crippen LogP) is 4.48. The third-order valence-electron chi connectivity index (χ3n) is 3.64. The SMILES string of the molecule is CC(C)COc1ccc(NCCNC(C)c2ccccc2)cc1. The Labute approximate surface area is 140 Å². The normalized spacial score (nSPS) is 12.2. The van der Waals surface area contributed by atoms with E-state index in [2.05, 4.69) is 67.8 Å². The van der Waals surface area contributed by atoms with Gasteiger partial charge in [-0.2, -0.15) is 0 Å². The van der Waals surface area contributed by atoms with E-state index in [1.165, 1.54) is 5.56 Å². The van der Waals surface area contributed by atoms with Gasteiger partial charge in [0.05, 0.1) is 6.61 Å². The quantitative estimate of drug-likeness (QED) is 0.670. The largest absolute Gasteiger partial charge is 0.493 e. The molecule has 3 heteroatoms. The summed E-state index contributed by atoms with van der Waals surface area (Å²) in [5.74, 6) is 1.48. The molecule has 0 heterocycles. The summed E-state index contributed by atoms with van der Waals surface area (Å²) in [6.45, 7) is 9.06. The molecule has 0 aliphatic carbocycles. The zero-order valence-electron chi connectivity index (χ0n) is 14.4. The van der Waals surface area contributed by atoms with E-state index >= 15 is 0 Å². The first kappa shape index (κ1) is 17.4. The first-order valence-corrected chi connectivity index (χ1v) is 8.40. The van der Waals surface area contributed by atoms with Crippen LogP contribution < -0.4 is 15.4 Å². The molecule has 1 atom stereocenters. The Morgan fingerprint density at radius 3 is 2.22 bits per heavy atom. The molecule has 0 saturated carbocycles. The minimum Gasteiger partial charge on any atom is -0.493 e. The van der Waals surface area contributed by atoms with Gasteiger partial charge in [0.2, 0.25) is 0 Å². The van der Waals surface area contributed by atoms with E-state index in [0.29, 0.717) is 12.0 Å². The summed E-state index contributed by atoms with van der Waals surface area (Å²) in [6.07, 6.45) is 0. The highest BCUT2D eigenvalue weighted by Gasteiger charge is 2.03. The maximum Gasteiger partial charge on any atom is 0.119 e. The van der Waals surface area contributed by atoms with Gasteiger partial charge >= 0.3 is 0 Å². The summed E-state index contributed by atoms with van der Waals surface area (Å²) >= 11 is 0. The van der Waals surface area contributed by atoms with Gasteiger partial charge in [-0.15, -0.1) is 0 Å². The highest BCUT2D eigenvalue weighted by molar-refractivity contribution is 5.46. The zero-order chi connectivity index (χ0) is 16.5. The number of nitrogens with one attached hydrogen (secondary N) is 2. The highest BCUT2D eigenvalue weighted by atomic mass is 16.5. The molecule has 0 amide bonds. The zero-order valence-corrected chi connectivity index (χ0v) is 14.4. The molecule has 1 unspecified atom stereocenters. The monoisotopic (exact) mass is 312 g/mol. The van der Waals surface area contributed by atoms with Gasteiger partial charge in [-0.05, 0) is 42.7 Å². The molecular weight excluding hydrogens is 284 g/mol. The lowest BCUT2D eigenvalue weighted by atomic mass is 10.1. The number of hydrogen-bond acceptors (Lipinski definition) is 3. The van der Waals surface area contributed by atoms with Crippen LogP contribution in [0.1, 0.15) is 32.4 Å². The molecule has 3 nitrogen and oxygen atoms in total. The summed E-state index contributed by atoms with van der Waals surface area (Å²) in [5, 5.41) is 6.95. The van der Waals surface area contributed by atoms with Crippen LogP contribution in [0.4, 0.5) is 5.69 Å². The van der Waals surface area contributed by atoms with Crippen molar-refractivity contribution in [1.29, 1.82) is 0 Å². The summed E-state index contributed by atoms with van der Waals surface area (Å²) < 4.78 is 5.69. The third kappa shape index (κ3) is 6.33. The average Bonchev–Trinajstić information content (AvgIpc) is 2.58. The van der Waals surface area contributed by atoms with Crippen molar-refractivity contribution in [2.45, 2.75) is 26.8 Å². The first-order valence-electron chi connectivity index (χ1n) is 8.40. The lowest BCUT2D eigenvalue weighted by Gasteiger charge is -2.15. The molecule has 0 spiro atoms. The van der Waals surface area contributed by atoms with Crippen LogP contribution in [0, 0.1) is 5.92 Å². The highest BCUT2D eigenvalue weighted by Crippen LogP contribution is 2.16. The van der Waals surface area contributed by atoms with E-state index in [4.69, 9.17) is 4.74 Å². The molecule has 0 aliphatic heterocycles. The molecular formula is C20H28N2O. The van der Waals surface area contributed by atoms with Crippen molar-refractivity contribution < 1.29 is 4.74 Å².